The normalized spacial score (nSPS) is 17.4. The van der Waals surface area contributed by atoms with Gasteiger partial charge in [-0.2, -0.15) is 0 Å². The molecule has 0 saturated carbocycles. The SMILES string of the molecule is Cl.c1ccc(Oc2cccc(OCC3CCCNC3)c2)cc1. The Kier molecular flexibility index (Phi) is 6.56. The second kappa shape index (κ2) is 8.66. The zero-order chi connectivity index (χ0) is 14.3. The minimum Gasteiger partial charge on any atom is -0.493 e. The molecule has 3 rings (SSSR count). The minimum absolute atomic E-state index is 0. The molecule has 0 spiro atoms. The second-order valence-electron chi connectivity index (χ2n) is 5.41. The molecule has 1 fully saturated rings. The van der Waals surface area contributed by atoms with Crippen LogP contribution in [-0.4, -0.2) is 19.7 Å². The third-order valence-electron chi connectivity index (χ3n) is 3.67. The molecule has 22 heavy (non-hydrogen) atoms. The van der Waals surface area contributed by atoms with E-state index in [1.54, 1.807) is 0 Å². The molecular formula is C18H22ClNO2. The lowest BCUT2D eigenvalue weighted by molar-refractivity contribution is 0.218. The van der Waals surface area contributed by atoms with Gasteiger partial charge in [-0.1, -0.05) is 24.3 Å². The van der Waals surface area contributed by atoms with Crippen LogP contribution in [0.5, 0.6) is 17.2 Å². The van der Waals surface area contributed by atoms with Crippen LogP contribution in [-0.2, 0) is 0 Å². The monoisotopic (exact) mass is 319 g/mol. The van der Waals surface area contributed by atoms with Gasteiger partial charge in [0.15, 0.2) is 0 Å². The fourth-order valence-corrected chi connectivity index (χ4v) is 2.53. The highest BCUT2D eigenvalue weighted by Gasteiger charge is 2.13. The van der Waals surface area contributed by atoms with Crippen molar-refractivity contribution in [2.45, 2.75) is 12.8 Å². The van der Waals surface area contributed by atoms with E-state index in [-0.39, 0.29) is 12.4 Å². The van der Waals surface area contributed by atoms with Crippen LogP contribution in [0.1, 0.15) is 12.8 Å². The van der Waals surface area contributed by atoms with Crippen molar-refractivity contribution in [3.05, 3.63) is 54.6 Å². The van der Waals surface area contributed by atoms with Crippen molar-refractivity contribution in [1.29, 1.82) is 0 Å². The summed E-state index contributed by atoms with van der Waals surface area (Å²) in [7, 11) is 0. The third-order valence-corrected chi connectivity index (χ3v) is 3.67. The van der Waals surface area contributed by atoms with Gasteiger partial charge < -0.3 is 14.8 Å². The molecule has 1 aliphatic heterocycles. The van der Waals surface area contributed by atoms with Gasteiger partial charge in [0, 0.05) is 18.5 Å². The van der Waals surface area contributed by atoms with E-state index in [2.05, 4.69) is 5.32 Å². The van der Waals surface area contributed by atoms with E-state index in [1.165, 1.54) is 12.8 Å². The molecule has 1 atom stereocenters. The molecule has 1 saturated heterocycles. The third kappa shape index (κ3) is 4.93. The number of benzene rings is 2. The van der Waals surface area contributed by atoms with Crippen molar-refractivity contribution >= 4 is 12.4 Å². The number of halogens is 1. The molecule has 0 aromatic heterocycles. The number of para-hydroxylation sites is 1. The van der Waals surface area contributed by atoms with Crippen LogP contribution in [0.2, 0.25) is 0 Å². The van der Waals surface area contributed by atoms with Gasteiger partial charge in [0.05, 0.1) is 6.61 Å². The fourth-order valence-electron chi connectivity index (χ4n) is 2.53. The van der Waals surface area contributed by atoms with Crippen molar-refractivity contribution < 1.29 is 9.47 Å². The number of rotatable bonds is 5. The first-order chi connectivity index (χ1) is 10.4. The molecule has 0 aliphatic carbocycles. The molecule has 1 aliphatic rings. The van der Waals surface area contributed by atoms with Crippen LogP contribution in [0, 0.1) is 5.92 Å². The lowest BCUT2D eigenvalue weighted by atomic mass is 10.0. The van der Waals surface area contributed by atoms with Gasteiger partial charge in [0.2, 0.25) is 0 Å². The second-order valence-corrected chi connectivity index (χ2v) is 5.41. The molecule has 118 valence electrons. The molecule has 0 amide bonds. The Labute approximate surface area is 138 Å². The van der Waals surface area contributed by atoms with E-state index in [4.69, 9.17) is 9.47 Å². The zero-order valence-corrected chi connectivity index (χ0v) is 13.4. The summed E-state index contributed by atoms with van der Waals surface area (Å²) >= 11 is 0. The Morgan fingerprint density at radius 3 is 2.50 bits per heavy atom. The highest BCUT2D eigenvalue weighted by atomic mass is 35.5. The largest absolute Gasteiger partial charge is 0.493 e. The molecule has 2 aromatic rings. The topological polar surface area (TPSA) is 30.5 Å². The molecular weight excluding hydrogens is 298 g/mol. The standard InChI is InChI=1S/C18H21NO2.ClH/c1-2-7-16(8-3-1)21-18-10-4-9-17(12-18)20-14-15-6-5-11-19-13-15;/h1-4,7-10,12,15,19H,5-6,11,13-14H2;1H. The van der Waals surface area contributed by atoms with Gasteiger partial charge in [0.25, 0.3) is 0 Å². The number of nitrogens with one attached hydrogen (secondary N) is 1. The average molecular weight is 320 g/mol. The first-order valence-corrected chi connectivity index (χ1v) is 7.56. The Bertz CT molecular complexity index is 556. The smallest absolute Gasteiger partial charge is 0.131 e. The zero-order valence-electron chi connectivity index (χ0n) is 12.5. The molecule has 1 unspecified atom stereocenters. The number of ether oxygens (including phenoxy) is 2. The molecule has 0 bridgehead atoms. The first-order valence-electron chi connectivity index (χ1n) is 7.56. The van der Waals surface area contributed by atoms with E-state index in [1.807, 2.05) is 54.6 Å². The van der Waals surface area contributed by atoms with Crippen molar-refractivity contribution in [1.82, 2.24) is 5.32 Å². The summed E-state index contributed by atoms with van der Waals surface area (Å²) in [6.45, 7) is 2.96. The summed E-state index contributed by atoms with van der Waals surface area (Å²) in [5, 5.41) is 3.41. The molecule has 3 nitrogen and oxygen atoms in total. The fraction of sp³-hybridized carbons (Fsp3) is 0.333. The van der Waals surface area contributed by atoms with E-state index in [9.17, 15) is 0 Å². The maximum Gasteiger partial charge on any atom is 0.131 e. The molecule has 0 radical (unpaired) electrons. The summed E-state index contributed by atoms with van der Waals surface area (Å²) in [5.74, 6) is 3.12. The molecule has 1 N–H and O–H groups in total. The lowest BCUT2D eigenvalue weighted by Crippen LogP contribution is -2.33. The first kappa shape index (κ1) is 16.7. The molecule has 2 aromatic carbocycles. The summed E-state index contributed by atoms with van der Waals surface area (Å²) in [6, 6.07) is 17.6. The Balaban J connectivity index is 0.00000176. The van der Waals surface area contributed by atoms with Crippen LogP contribution in [0.3, 0.4) is 0 Å². The molecule has 4 heteroatoms. The maximum atomic E-state index is 5.90. The highest BCUT2D eigenvalue weighted by Crippen LogP contribution is 2.25. The summed E-state index contributed by atoms with van der Waals surface area (Å²) in [4.78, 5) is 0. The van der Waals surface area contributed by atoms with Crippen LogP contribution < -0.4 is 14.8 Å². The van der Waals surface area contributed by atoms with Crippen LogP contribution in [0.25, 0.3) is 0 Å². The van der Waals surface area contributed by atoms with Crippen molar-refractivity contribution in [3.8, 4) is 17.2 Å². The Morgan fingerprint density at radius 2 is 1.73 bits per heavy atom. The number of piperidine rings is 1. The molecule has 1 heterocycles. The summed E-state index contributed by atoms with van der Waals surface area (Å²) < 4.78 is 11.7. The lowest BCUT2D eigenvalue weighted by Gasteiger charge is -2.22. The van der Waals surface area contributed by atoms with Crippen molar-refractivity contribution in [2.24, 2.45) is 5.92 Å². The predicted molar refractivity (Wildman–Crippen MR) is 91.3 cm³/mol. The van der Waals surface area contributed by atoms with Gasteiger partial charge >= 0.3 is 0 Å². The van der Waals surface area contributed by atoms with E-state index < -0.39 is 0 Å². The van der Waals surface area contributed by atoms with Crippen LogP contribution >= 0.6 is 12.4 Å². The number of hydrogen-bond acceptors (Lipinski definition) is 3. The van der Waals surface area contributed by atoms with Gasteiger partial charge in [-0.15, -0.1) is 12.4 Å². The summed E-state index contributed by atoms with van der Waals surface area (Å²) in [6.07, 6.45) is 2.48. The van der Waals surface area contributed by atoms with Gasteiger partial charge in [0.1, 0.15) is 17.2 Å². The predicted octanol–water partition coefficient (Wildman–Crippen LogP) is 4.28. The quantitative estimate of drug-likeness (QED) is 0.892. The van der Waals surface area contributed by atoms with E-state index in [0.717, 1.165) is 36.9 Å². The highest BCUT2D eigenvalue weighted by molar-refractivity contribution is 5.85. The average Bonchev–Trinajstić information content (AvgIpc) is 2.55. The number of hydrogen-bond donors (Lipinski definition) is 1. The van der Waals surface area contributed by atoms with Crippen LogP contribution in [0.15, 0.2) is 54.6 Å². The summed E-state index contributed by atoms with van der Waals surface area (Å²) in [5.41, 5.74) is 0. The maximum absolute atomic E-state index is 5.90. The Hall–Kier alpha value is -1.71. The van der Waals surface area contributed by atoms with Gasteiger partial charge in [-0.3, -0.25) is 0 Å². The van der Waals surface area contributed by atoms with Gasteiger partial charge in [-0.25, -0.2) is 0 Å². The Morgan fingerprint density at radius 1 is 0.955 bits per heavy atom. The van der Waals surface area contributed by atoms with Gasteiger partial charge in [-0.05, 0) is 43.7 Å². The van der Waals surface area contributed by atoms with E-state index in [0.29, 0.717) is 5.92 Å². The van der Waals surface area contributed by atoms with Crippen molar-refractivity contribution in [2.75, 3.05) is 19.7 Å². The van der Waals surface area contributed by atoms with E-state index >= 15 is 0 Å². The van der Waals surface area contributed by atoms with Crippen molar-refractivity contribution in [3.63, 3.8) is 0 Å². The van der Waals surface area contributed by atoms with Crippen LogP contribution in [0.4, 0.5) is 0 Å². The minimum atomic E-state index is 0.